The Morgan fingerprint density at radius 1 is 0.781 bits per heavy atom. The monoisotopic (exact) mass is 416 g/mol. The predicted octanol–water partition coefficient (Wildman–Crippen LogP) is 7.82. The zero-order chi connectivity index (χ0) is 22.0. The third kappa shape index (κ3) is 2.62. The van der Waals surface area contributed by atoms with Gasteiger partial charge in [-0.15, -0.1) is 0 Å². The summed E-state index contributed by atoms with van der Waals surface area (Å²) in [5, 5.41) is 6.06. The van der Waals surface area contributed by atoms with Gasteiger partial charge in [-0.1, -0.05) is 74.5 Å². The summed E-state index contributed by atoms with van der Waals surface area (Å²) in [6.45, 7) is 6.72. The first-order chi connectivity index (χ1) is 15.5. The number of aromatic nitrogens is 1. The molecule has 0 saturated heterocycles. The van der Waals surface area contributed by atoms with Gasteiger partial charge in [-0.2, -0.15) is 4.57 Å². The molecule has 6 aromatic rings. The number of furan rings is 1. The zero-order valence-corrected chi connectivity index (χ0v) is 18.9. The SMILES string of the molecule is Cc1ccc2cc(C(C)C)ccc2c1-c1c2c3ccccc3oc2c2ccccc2[n+]1C. The second-order valence-electron chi connectivity index (χ2n) is 9.12. The molecule has 0 aliphatic carbocycles. The maximum absolute atomic E-state index is 6.47. The van der Waals surface area contributed by atoms with Crippen LogP contribution in [0.15, 0.2) is 83.3 Å². The molecule has 2 aromatic heterocycles. The van der Waals surface area contributed by atoms with Crippen LogP contribution in [0.25, 0.3) is 54.9 Å². The Labute approximate surface area is 187 Å². The normalized spacial score (nSPS) is 12.0. The number of para-hydroxylation sites is 2. The molecule has 0 spiro atoms. The minimum absolute atomic E-state index is 0.505. The maximum atomic E-state index is 6.47. The minimum atomic E-state index is 0.505. The fourth-order valence-corrected chi connectivity index (χ4v) is 5.14. The average molecular weight is 417 g/mol. The van der Waals surface area contributed by atoms with Crippen LogP contribution in [0.1, 0.15) is 30.9 Å². The minimum Gasteiger partial charge on any atom is -0.455 e. The first-order valence-corrected chi connectivity index (χ1v) is 11.3. The van der Waals surface area contributed by atoms with Crippen LogP contribution in [-0.4, -0.2) is 0 Å². The smallest absolute Gasteiger partial charge is 0.225 e. The highest BCUT2D eigenvalue weighted by Gasteiger charge is 2.27. The van der Waals surface area contributed by atoms with E-state index in [1.54, 1.807) is 0 Å². The van der Waals surface area contributed by atoms with E-state index in [0.29, 0.717) is 5.92 Å². The van der Waals surface area contributed by atoms with Crippen molar-refractivity contribution in [2.75, 3.05) is 0 Å². The van der Waals surface area contributed by atoms with Crippen LogP contribution in [0.4, 0.5) is 0 Å². The highest BCUT2D eigenvalue weighted by atomic mass is 16.3. The molecular formula is C30H26NO+. The summed E-state index contributed by atoms with van der Waals surface area (Å²) < 4.78 is 8.82. The average Bonchev–Trinajstić information content (AvgIpc) is 3.20. The van der Waals surface area contributed by atoms with Crippen molar-refractivity contribution in [1.29, 1.82) is 0 Å². The molecule has 0 radical (unpaired) electrons. The van der Waals surface area contributed by atoms with E-state index in [0.717, 1.165) is 21.9 Å². The third-order valence-electron chi connectivity index (χ3n) is 6.83. The lowest BCUT2D eigenvalue weighted by Gasteiger charge is -2.13. The van der Waals surface area contributed by atoms with Crippen molar-refractivity contribution in [1.82, 2.24) is 0 Å². The summed E-state index contributed by atoms with van der Waals surface area (Å²) in [6, 6.07) is 28.4. The van der Waals surface area contributed by atoms with Crippen LogP contribution in [0.5, 0.6) is 0 Å². The topological polar surface area (TPSA) is 17.0 Å². The lowest BCUT2D eigenvalue weighted by molar-refractivity contribution is -0.632. The fourth-order valence-electron chi connectivity index (χ4n) is 5.14. The van der Waals surface area contributed by atoms with Crippen molar-refractivity contribution < 1.29 is 8.98 Å². The van der Waals surface area contributed by atoms with Crippen molar-refractivity contribution in [2.45, 2.75) is 26.7 Å². The molecule has 0 aliphatic heterocycles. The van der Waals surface area contributed by atoms with Crippen LogP contribution in [-0.2, 0) is 7.05 Å². The number of benzene rings is 4. The van der Waals surface area contributed by atoms with Crippen LogP contribution in [0.2, 0.25) is 0 Å². The summed E-state index contributed by atoms with van der Waals surface area (Å²) in [6.07, 6.45) is 0. The Kier molecular flexibility index (Phi) is 4.13. The van der Waals surface area contributed by atoms with Gasteiger partial charge in [-0.05, 0) is 46.9 Å². The highest BCUT2D eigenvalue weighted by Crippen LogP contribution is 2.41. The number of hydrogen-bond acceptors (Lipinski definition) is 1. The maximum Gasteiger partial charge on any atom is 0.225 e. The number of pyridine rings is 1. The molecular weight excluding hydrogens is 390 g/mol. The zero-order valence-electron chi connectivity index (χ0n) is 18.9. The Morgan fingerprint density at radius 3 is 2.34 bits per heavy atom. The van der Waals surface area contributed by atoms with Gasteiger partial charge in [-0.3, -0.25) is 0 Å². The van der Waals surface area contributed by atoms with E-state index in [1.165, 1.54) is 44.1 Å². The molecule has 6 rings (SSSR count). The molecule has 2 heteroatoms. The number of hydrogen-bond donors (Lipinski definition) is 0. The molecule has 0 fully saturated rings. The molecule has 156 valence electrons. The predicted molar refractivity (Wildman–Crippen MR) is 134 cm³/mol. The van der Waals surface area contributed by atoms with Gasteiger partial charge in [0.15, 0.2) is 5.58 Å². The van der Waals surface area contributed by atoms with Gasteiger partial charge in [-0.25, -0.2) is 0 Å². The Balaban J connectivity index is 1.85. The van der Waals surface area contributed by atoms with Crippen LogP contribution < -0.4 is 4.57 Å². The van der Waals surface area contributed by atoms with Gasteiger partial charge in [0.05, 0.1) is 10.9 Å². The van der Waals surface area contributed by atoms with E-state index in [-0.39, 0.29) is 0 Å². The lowest BCUT2D eigenvalue weighted by Crippen LogP contribution is -2.32. The van der Waals surface area contributed by atoms with E-state index in [9.17, 15) is 0 Å². The third-order valence-corrected chi connectivity index (χ3v) is 6.83. The molecule has 0 aliphatic rings. The number of aryl methyl sites for hydroxylation is 2. The highest BCUT2D eigenvalue weighted by molar-refractivity contribution is 6.19. The van der Waals surface area contributed by atoms with E-state index < -0.39 is 0 Å². The first-order valence-electron chi connectivity index (χ1n) is 11.3. The summed E-state index contributed by atoms with van der Waals surface area (Å²) in [7, 11) is 2.18. The summed E-state index contributed by atoms with van der Waals surface area (Å²) in [4.78, 5) is 0. The summed E-state index contributed by atoms with van der Waals surface area (Å²) in [5.41, 5.74) is 8.20. The standard InChI is InChI=1S/C30H26NO/c1-18(2)20-15-16-22-21(17-20)14-13-19(3)27(22)29-28-24-10-6-8-12-26(24)32-30(28)23-9-5-7-11-25(23)31(29)4/h5-18H,1-4H3/q+1. The lowest BCUT2D eigenvalue weighted by atomic mass is 9.91. The molecule has 0 atom stereocenters. The van der Waals surface area contributed by atoms with Crippen LogP contribution >= 0.6 is 0 Å². The fraction of sp³-hybridized carbons (Fsp3) is 0.167. The quantitative estimate of drug-likeness (QED) is 0.263. The van der Waals surface area contributed by atoms with Crippen molar-refractivity contribution in [3.8, 4) is 11.3 Å². The molecule has 0 N–H and O–H groups in total. The van der Waals surface area contributed by atoms with E-state index in [4.69, 9.17) is 4.42 Å². The van der Waals surface area contributed by atoms with Crippen LogP contribution in [0.3, 0.4) is 0 Å². The van der Waals surface area contributed by atoms with Crippen molar-refractivity contribution in [2.24, 2.45) is 7.05 Å². The number of rotatable bonds is 2. The van der Waals surface area contributed by atoms with Gasteiger partial charge in [0.1, 0.15) is 18.0 Å². The molecule has 0 unspecified atom stereocenters. The van der Waals surface area contributed by atoms with Crippen molar-refractivity contribution >= 4 is 43.6 Å². The molecule has 32 heavy (non-hydrogen) atoms. The van der Waals surface area contributed by atoms with Gasteiger partial charge in [0.25, 0.3) is 0 Å². The Bertz CT molecular complexity index is 1670. The summed E-state index contributed by atoms with van der Waals surface area (Å²) in [5.74, 6) is 0.505. The molecule has 0 amide bonds. The van der Waals surface area contributed by atoms with Gasteiger partial charge in [0.2, 0.25) is 11.2 Å². The van der Waals surface area contributed by atoms with E-state index in [2.05, 4.69) is 105 Å². The molecule has 4 aromatic carbocycles. The molecule has 2 heterocycles. The largest absolute Gasteiger partial charge is 0.455 e. The van der Waals surface area contributed by atoms with Gasteiger partial charge >= 0.3 is 0 Å². The van der Waals surface area contributed by atoms with Crippen molar-refractivity contribution in [3.05, 3.63) is 90.0 Å². The Hall–Kier alpha value is -3.65. The van der Waals surface area contributed by atoms with Gasteiger partial charge < -0.3 is 4.42 Å². The summed E-state index contributed by atoms with van der Waals surface area (Å²) >= 11 is 0. The molecule has 0 bridgehead atoms. The van der Waals surface area contributed by atoms with E-state index >= 15 is 0 Å². The first kappa shape index (κ1) is 19.1. The number of fused-ring (bicyclic) bond motifs is 6. The molecule has 0 saturated carbocycles. The second kappa shape index (κ2) is 6.93. The number of nitrogens with zero attached hydrogens (tertiary/aromatic N) is 1. The van der Waals surface area contributed by atoms with E-state index in [1.807, 2.05) is 6.07 Å². The Morgan fingerprint density at radius 2 is 1.53 bits per heavy atom. The van der Waals surface area contributed by atoms with Crippen molar-refractivity contribution in [3.63, 3.8) is 0 Å². The van der Waals surface area contributed by atoms with Gasteiger partial charge in [0, 0.05) is 11.5 Å². The second-order valence-corrected chi connectivity index (χ2v) is 9.12. The molecule has 2 nitrogen and oxygen atoms in total. The van der Waals surface area contributed by atoms with Crippen LogP contribution in [0, 0.1) is 6.92 Å².